The van der Waals surface area contributed by atoms with Crippen LogP contribution >= 0.6 is 11.3 Å². The molecule has 4 rings (SSSR count). The quantitative estimate of drug-likeness (QED) is 0.407. The molecule has 0 fully saturated rings. The second kappa shape index (κ2) is 9.46. The van der Waals surface area contributed by atoms with Crippen molar-refractivity contribution in [3.05, 3.63) is 81.8 Å². The summed E-state index contributed by atoms with van der Waals surface area (Å²) in [6.07, 6.45) is 3.56. The van der Waals surface area contributed by atoms with Crippen molar-refractivity contribution in [3.8, 4) is 17.6 Å². The number of ether oxygens (including phenoxy) is 3. The van der Waals surface area contributed by atoms with Gasteiger partial charge in [-0.3, -0.25) is 4.79 Å². The Hall–Kier alpha value is -4.29. The fourth-order valence-corrected chi connectivity index (χ4v) is 4.00. The lowest BCUT2D eigenvalue weighted by Gasteiger charge is -2.15. The number of methoxy groups -OCH3 is 2. The number of anilines is 1. The number of nitrogens with one attached hydrogen (secondary N) is 1. The van der Waals surface area contributed by atoms with E-state index >= 15 is 0 Å². The van der Waals surface area contributed by atoms with E-state index in [9.17, 15) is 14.9 Å². The standard InChI is InChI=1S/C24H19N3O5S/c1-30-20-10-16(18(11-21(20)31-2)26-23(28)22-7-5-9-33-22)24(29)32-14-15-13-27-8-4-3-6-19(27)17(15)12-25/h3-11,13H,14H2,1-2H3,(H,26,28). The topological polar surface area (TPSA) is 102 Å². The Bertz CT molecular complexity index is 1370. The number of aromatic nitrogens is 1. The molecule has 3 aromatic heterocycles. The average molecular weight is 461 g/mol. The zero-order valence-corrected chi connectivity index (χ0v) is 18.6. The van der Waals surface area contributed by atoms with Gasteiger partial charge in [0.1, 0.15) is 12.7 Å². The van der Waals surface area contributed by atoms with Crippen molar-refractivity contribution in [1.29, 1.82) is 5.26 Å². The molecule has 1 amide bonds. The van der Waals surface area contributed by atoms with E-state index < -0.39 is 5.97 Å². The van der Waals surface area contributed by atoms with Crippen LogP contribution in [0.3, 0.4) is 0 Å². The summed E-state index contributed by atoms with van der Waals surface area (Å²) in [6.45, 7) is -0.115. The number of carbonyl (C=O) groups excluding carboxylic acids is 2. The van der Waals surface area contributed by atoms with E-state index in [-0.39, 0.29) is 23.8 Å². The summed E-state index contributed by atoms with van der Waals surface area (Å²) in [7, 11) is 2.91. The fraction of sp³-hybridized carbons (Fsp3) is 0.125. The Balaban J connectivity index is 1.63. The Kier molecular flexibility index (Phi) is 6.29. The van der Waals surface area contributed by atoms with Crippen molar-refractivity contribution in [3.63, 3.8) is 0 Å². The van der Waals surface area contributed by atoms with Crippen LogP contribution in [0.2, 0.25) is 0 Å². The number of rotatable bonds is 7. The molecule has 166 valence electrons. The molecule has 9 heteroatoms. The molecule has 0 aliphatic rings. The van der Waals surface area contributed by atoms with Crippen LogP contribution in [0.4, 0.5) is 5.69 Å². The molecule has 33 heavy (non-hydrogen) atoms. The molecule has 0 saturated carbocycles. The Labute approximate surface area is 193 Å². The SMILES string of the molecule is COc1cc(NC(=O)c2cccs2)c(C(=O)OCc2cn3ccccc3c2C#N)cc1OC. The number of nitriles is 1. The van der Waals surface area contributed by atoms with Gasteiger partial charge >= 0.3 is 5.97 Å². The Morgan fingerprint density at radius 3 is 2.61 bits per heavy atom. The van der Waals surface area contributed by atoms with Gasteiger partial charge in [-0.05, 0) is 23.6 Å². The summed E-state index contributed by atoms with van der Waals surface area (Å²) < 4.78 is 17.9. The predicted molar refractivity (Wildman–Crippen MR) is 123 cm³/mol. The van der Waals surface area contributed by atoms with Gasteiger partial charge in [0.25, 0.3) is 5.91 Å². The molecular weight excluding hydrogens is 442 g/mol. The zero-order valence-electron chi connectivity index (χ0n) is 17.8. The van der Waals surface area contributed by atoms with Crippen LogP contribution in [0.15, 0.2) is 60.2 Å². The largest absolute Gasteiger partial charge is 0.493 e. The lowest BCUT2D eigenvalue weighted by molar-refractivity contribution is 0.0473. The maximum atomic E-state index is 13.0. The van der Waals surface area contributed by atoms with Crippen molar-refractivity contribution in [1.82, 2.24) is 4.40 Å². The highest BCUT2D eigenvalue weighted by Crippen LogP contribution is 2.34. The molecule has 4 aromatic rings. The highest BCUT2D eigenvalue weighted by atomic mass is 32.1. The lowest BCUT2D eigenvalue weighted by Crippen LogP contribution is -2.15. The number of fused-ring (bicyclic) bond motifs is 1. The maximum Gasteiger partial charge on any atom is 0.340 e. The van der Waals surface area contributed by atoms with Crippen LogP contribution in [0, 0.1) is 11.3 Å². The number of amides is 1. The van der Waals surface area contributed by atoms with Crippen molar-refractivity contribution in [2.24, 2.45) is 0 Å². The molecule has 0 unspecified atom stereocenters. The number of esters is 1. The number of thiophene rings is 1. The molecule has 3 heterocycles. The van der Waals surface area contributed by atoms with E-state index in [4.69, 9.17) is 14.2 Å². The van der Waals surface area contributed by atoms with Gasteiger partial charge in [-0.15, -0.1) is 11.3 Å². The first kappa shape index (κ1) is 21.9. The third kappa shape index (κ3) is 4.37. The minimum atomic E-state index is -0.684. The van der Waals surface area contributed by atoms with E-state index in [1.165, 1.54) is 37.7 Å². The van der Waals surface area contributed by atoms with Gasteiger partial charge in [-0.25, -0.2) is 4.79 Å². The van der Waals surface area contributed by atoms with Crippen molar-refractivity contribution in [2.75, 3.05) is 19.5 Å². The van der Waals surface area contributed by atoms with E-state index in [2.05, 4.69) is 11.4 Å². The van der Waals surface area contributed by atoms with Crippen LogP contribution in [-0.2, 0) is 11.3 Å². The van der Waals surface area contributed by atoms with Gasteiger partial charge in [0.2, 0.25) is 0 Å². The van der Waals surface area contributed by atoms with Crippen molar-refractivity contribution in [2.45, 2.75) is 6.61 Å². The third-order valence-corrected chi connectivity index (χ3v) is 5.84. The molecular formula is C24H19N3O5S. The molecule has 1 N–H and O–H groups in total. The highest BCUT2D eigenvalue weighted by molar-refractivity contribution is 7.12. The number of pyridine rings is 1. The van der Waals surface area contributed by atoms with Gasteiger partial charge in [0.05, 0.1) is 41.4 Å². The number of hydrogen-bond acceptors (Lipinski definition) is 7. The first-order valence-corrected chi connectivity index (χ1v) is 10.7. The zero-order chi connectivity index (χ0) is 23.4. The number of hydrogen-bond donors (Lipinski definition) is 1. The van der Waals surface area contributed by atoms with E-state index in [1.54, 1.807) is 28.1 Å². The first-order valence-electron chi connectivity index (χ1n) is 9.82. The molecule has 0 aliphatic carbocycles. The summed E-state index contributed by atoms with van der Waals surface area (Å²) in [4.78, 5) is 26.1. The van der Waals surface area contributed by atoms with Gasteiger partial charge in [-0.2, -0.15) is 5.26 Å². The molecule has 1 aromatic carbocycles. The van der Waals surface area contributed by atoms with Crippen molar-refractivity contribution < 1.29 is 23.8 Å². The molecule has 0 spiro atoms. The summed E-state index contributed by atoms with van der Waals surface area (Å²) in [5.74, 6) is -0.389. The fourth-order valence-electron chi connectivity index (χ4n) is 3.38. The molecule has 0 saturated heterocycles. The van der Waals surface area contributed by atoms with Crippen LogP contribution in [0.25, 0.3) is 5.52 Å². The molecule has 0 atom stereocenters. The number of benzene rings is 1. The van der Waals surface area contributed by atoms with Crippen LogP contribution < -0.4 is 14.8 Å². The predicted octanol–water partition coefficient (Wildman–Crippen LogP) is 4.50. The van der Waals surface area contributed by atoms with Gasteiger partial charge in [-0.1, -0.05) is 12.1 Å². The summed E-state index contributed by atoms with van der Waals surface area (Å²) in [5, 5.41) is 14.1. The van der Waals surface area contributed by atoms with Crippen LogP contribution in [-0.4, -0.2) is 30.5 Å². The first-order chi connectivity index (χ1) is 16.0. The maximum absolute atomic E-state index is 13.0. The third-order valence-electron chi connectivity index (χ3n) is 4.97. The number of nitrogens with zero attached hydrogens (tertiary/aromatic N) is 2. The van der Waals surface area contributed by atoms with E-state index in [0.29, 0.717) is 27.5 Å². The Morgan fingerprint density at radius 2 is 1.91 bits per heavy atom. The molecule has 0 bridgehead atoms. The Morgan fingerprint density at radius 1 is 1.12 bits per heavy atom. The van der Waals surface area contributed by atoms with E-state index in [1.807, 2.05) is 24.4 Å². The van der Waals surface area contributed by atoms with Crippen LogP contribution in [0.1, 0.15) is 31.2 Å². The summed E-state index contributed by atoms with van der Waals surface area (Å²) >= 11 is 1.28. The van der Waals surface area contributed by atoms with Crippen molar-refractivity contribution >= 4 is 34.4 Å². The van der Waals surface area contributed by atoms with E-state index in [0.717, 1.165) is 5.52 Å². The second-order valence-electron chi connectivity index (χ2n) is 6.89. The number of carbonyl (C=O) groups is 2. The monoisotopic (exact) mass is 461 g/mol. The van der Waals surface area contributed by atoms with Gasteiger partial charge < -0.3 is 23.9 Å². The summed E-state index contributed by atoms with van der Waals surface area (Å²) in [5.41, 5.74) is 2.04. The average Bonchev–Trinajstić information content (AvgIpc) is 3.50. The van der Waals surface area contributed by atoms with Gasteiger partial charge in [0.15, 0.2) is 11.5 Å². The smallest absolute Gasteiger partial charge is 0.340 e. The highest BCUT2D eigenvalue weighted by Gasteiger charge is 2.21. The van der Waals surface area contributed by atoms with Gasteiger partial charge in [0, 0.05) is 30.1 Å². The summed E-state index contributed by atoms with van der Waals surface area (Å²) in [6, 6.07) is 14.1. The lowest BCUT2D eigenvalue weighted by atomic mass is 10.1. The molecule has 0 radical (unpaired) electrons. The van der Waals surface area contributed by atoms with Crippen LogP contribution in [0.5, 0.6) is 11.5 Å². The molecule has 0 aliphatic heterocycles. The minimum Gasteiger partial charge on any atom is -0.493 e. The molecule has 8 nitrogen and oxygen atoms in total. The normalized spacial score (nSPS) is 10.5. The minimum absolute atomic E-state index is 0.0971. The second-order valence-corrected chi connectivity index (χ2v) is 7.84.